The molecule has 0 radical (unpaired) electrons. The zero-order chi connectivity index (χ0) is 11.1. The van der Waals surface area contributed by atoms with Crippen molar-refractivity contribution in [3.05, 3.63) is 22.7 Å². The number of carbonyl (C=O) groups excluding carboxylic acids is 1. The normalized spacial score (nSPS) is 23.4. The van der Waals surface area contributed by atoms with Gasteiger partial charge in [-0.2, -0.15) is 0 Å². The van der Waals surface area contributed by atoms with Crippen LogP contribution in [-0.2, 0) is 4.79 Å². The third-order valence-electron chi connectivity index (χ3n) is 3.07. The molecule has 2 aliphatic rings. The summed E-state index contributed by atoms with van der Waals surface area (Å²) in [6.45, 7) is 2.54. The molecule has 1 fully saturated rings. The summed E-state index contributed by atoms with van der Waals surface area (Å²) in [5.41, 5.74) is 2.02. The van der Waals surface area contributed by atoms with Crippen molar-refractivity contribution >= 4 is 33.2 Å². The summed E-state index contributed by atoms with van der Waals surface area (Å²) in [5.74, 6) is 0.0813. The number of hydrogen-bond acceptors (Lipinski definition) is 3. The Bertz CT molecular complexity index is 449. The lowest BCUT2D eigenvalue weighted by atomic mass is 10.1. The van der Waals surface area contributed by atoms with Gasteiger partial charge in [0.05, 0.1) is 11.4 Å². The maximum Gasteiger partial charge on any atom is 0.248 e. The topological polar surface area (TPSA) is 44.4 Å². The summed E-state index contributed by atoms with van der Waals surface area (Å²) in [7, 11) is 0. The third kappa shape index (κ3) is 1.51. The predicted molar refractivity (Wildman–Crippen MR) is 66.8 cm³/mol. The Morgan fingerprint density at radius 2 is 2.31 bits per heavy atom. The van der Waals surface area contributed by atoms with E-state index in [0.29, 0.717) is 0 Å². The highest BCUT2D eigenvalue weighted by molar-refractivity contribution is 9.10. The molecule has 2 N–H and O–H groups in total. The molecule has 0 saturated carbocycles. The SMILES string of the molecule is O=C1Nc2cc(Br)ccc2N2CCNCC12. The van der Waals surface area contributed by atoms with Crippen molar-refractivity contribution in [1.29, 1.82) is 0 Å². The molecule has 1 atom stereocenters. The van der Waals surface area contributed by atoms with Crippen LogP contribution < -0.4 is 15.5 Å². The fourth-order valence-electron chi connectivity index (χ4n) is 2.30. The Balaban J connectivity index is 2.06. The lowest BCUT2D eigenvalue weighted by Crippen LogP contribution is -2.58. The van der Waals surface area contributed by atoms with Gasteiger partial charge in [-0.25, -0.2) is 0 Å². The van der Waals surface area contributed by atoms with Gasteiger partial charge in [0.15, 0.2) is 0 Å². The molecule has 0 aromatic heterocycles. The van der Waals surface area contributed by atoms with Crippen molar-refractivity contribution in [2.75, 3.05) is 29.9 Å². The number of nitrogens with zero attached hydrogens (tertiary/aromatic N) is 1. The second kappa shape index (κ2) is 3.75. The van der Waals surface area contributed by atoms with E-state index in [1.165, 1.54) is 0 Å². The lowest BCUT2D eigenvalue weighted by molar-refractivity contribution is -0.117. The fraction of sp³-hybridized carbons (Fsp3) is 0.364. The maximum atomic E-state index is 11.9. The Morgan fingerprint density at radius 3 is 3.19 bits per heavy atom. The highest BCUT2D eigenvalue weighted by atomic mass is 79.9. The number of fused-ring (bicyclic) bond motifs is 3. The lowest BCUT2D eigenvalue weighted by Gasteiger charge is -2.41. The van der Waals surface area contributed by atoms with Crippen LogP contribution in [0.2, 0.25) is 0 Å². The first-order chi connectivity index (χ1) is 7.75. The predicted octanol–water partition coefficient (Wildman–Crippen LogP) is 1.18. The number of benzene rings is 1. The molecule has 16 heavy (non-hydrogen) atoms. The molecule has 0 bridgehead atoms. The summed E-state index contributed by atoms with van der Waals surface area (Å²) >= 11 is 3.42. The van der Waals surface area contributed by atoms with Gasteiger partial charge in [0.1, 0.15) is 6.04 Å². The smallest absolute Gasteiger partial charge is 0.248 e. The molecule has 1 amide bonds. The minimum atomic E-state index is -0.0672. The first-order valence-corrected chi connectivity index (χ1v) is 6.13. The van der Waals surface area contributed by atoms with E-state index in [4.69, 9.17) is 0 Å². The van der Waals surface area contributed by atoms with Gasteiger partial charge in [-0.15, -0.1) is 0 Å². The molecular weight excluding hydrogens is 270 g/mol. The molecule has 0 aliphatic carbocycles. The molecule has 84 valence electrons. The van der Waals surface area contributed by atoms with Gasteiger partial charge >= 0.3 is 0 Å². The van der Waals surface area contributed by atoms with E-state index < -0.39 is 0 Å². The minimum Gasteiger partial charge on any atom is -0.356 e. The first-order valence-electron chi connectivity index (χ1n) is 5.33. The molecule has 2 aliphatic heterocycles. The van der Waals surface area contributed by atoms with Gasteiger partial charge in [0, 0.05) is 24.1 Å². The van der Waals surface area contributed by atoms with Crippen molar-refractivity contribution in [2.45, 2.75) is 6.04 Å². The number of amides is 1. The second-order valence-corrected chi connectivity index (χ2v) is 4.98. The minimum absolute atomic E-state index is 0.0672. The molecule has 2 heterocycles. The summed E-state index contributed by atoms with van der Waals surface area (Å²) in [4.78, 5) is 14.1. The fourth-order valence-corrected chi connectivity index (χ4v) is 2.66. The van der Waals surface area contributed by atoms with Crippen LogP contribution in [0.3, 0.4) is 0 Å². The van der Waals surface area contributed by atoms with Crippen molar-refractivity contribution in [3.8, 4) is 0 Å². The number of piperazine rings is 1. The summed E-state index contributed by atoms with van der Waals surface area (Å²) in [6.07, 6.45) is 0. The monoisotopic (exact) mass is 281 g/mol. The van der Waals surface area contributed by atoms with E-state index in [2.05, 4.69) is 37.5 Å². The number of anilines is 2. The van der Waals surface area contributed by atoms with Gasteiger partial charge in [-0.3, -0.25) is 4.79 Å². The molecule has 1 aromatic rings. The van der Waals surface area contributed by atoms with Crippen molar-refractivity contribution in [2.24, 2.45) is 0 Å². The van der Waals surface area contributed by atoms with E-state index in [0.717, 1.165) is 35.5 Å². The van der Waals surface area contributed by atoms with E-state index >= 15 is 0 Å². The third-order valence-corrected chi connectivity index (χ3v) is 3.57. The number of rotatable bonds is 0. The highest BCUT2D eigenvalue weighted by Crippen LogP contribution is 2.34. The van der Waals surface area contributed by atoms with Gasteiger partial charge < -0.3 is 15.5 Å². The summed E-state index contributed by atoms with van der Waals surface area (Å²) in [6, 6.07) is 5.94. The molecular formula is C11H12BrN3O. The van der Waals surface area contributed by atoms with Crippen LogP contribution in [0.1, 0.15) is 0 Å². The van der Waals surface area contributed by atoms with Crippen LogP contribution in [0, 0.1) is 0 Å². The second-order valence-electron chi connectivity index (χ2n) is 4.06. The van der Waals surface area contributed by atoms with Crippen molar-refractivity contribution in [3.63, 3.8) is 0 Å². The number of nitrogens with one attached hydrogen (secondary N) is 2. The number of halogens is 1. The Hall–Kier alpha value is -1.07. The molecule has 3 rings (SSSR count). The quantitative estimate of drug-likeness (QED) is 0.751. The maximum absolute atomic E-state index is 11.9. The van der Waals surface area contributed by atoms with Gasteiger partial charge in [-0.1, -0.05) is 15.9 Å². The molecule has 0 spiro atoms. The van der Waals surface area contributed by atoms with Gasteiger partial charge in [0.2, 0.25) is 5.91 Å². The van der Waals surface area contributed by atoms with Crippen LogP contribution in [-0.4, -0.2) is 31.6 Å². The molecule has 1 unspecified atom stereocenters. The Kier molecular flexibility index (Phi) is 2.37. The van der Waals surface area contributed by atoms with Crippen molar-refractivity contribution < 1.29 is 4.79 Å². The van der Waals surface area contributed by atoms with Gasteiger partial charge in [-0.05, 0) is 18.2 Å². The van der Waals surface area contributed by atoms with Crippen LogP contribution in [0.4, 0.5) is 11.4 Å². The number of carbonyl (C=O) groups is 1. The van der Waals surface area contributed by atoms with Crippen LogP contribution in [0.25, 0.3) is 0 Å². The van der Waals surface area contributed by atoms with Crippen LogP contribution in [0.5, 0.6) is 0 Å². The zero-order valence-electron chi connectivity index (χ0n) is 8.66. The van der Waals surface area contributed by atoms with Crippen LogP contribution in [0.15, 0.2) is 22.7 Å². The Morgan fingerprint density at radius 1 is 1.44 bits per heavy atom. The molecule has 4 nitrogen and oxygen atoms in total. The molecule has 5 heteroatoms. The van der Waals surface area contributed by atoms with Crippen molar-refractivity contribution in [1.82, 2.24) is 5.32 Å². The van der Waals surface area contributed by atoms with E-state index in [-0.39, 0.29) is 11.9 Å². The largest absolute Gasteiger partial charge is 0.356 e. The summed E-state index contributed by atoms with van der Waals surface area (Å²) < 4.78 is 0.986. The summed E-state index contributed by atoms with van der Waals surface area (Å²) in [5, 5.41) is 6.19. The first kappa shape index (κ1) is 10.1. The van der Waals surface area contributed by atoms with E-state index in [9.17, 15) is 4.79 Å². The zero-order valence-corrected chi connectivity index (χ0v) is 10.3. The average Bonchev–Trinajstić information content (AvgIpc) is 2.29. The molecule has 1 aromatic carbocycles. The van der Waals surface area contributed by atoms with Crippen LogP contribution >= 0.6 is 15.9 Å². The number of hydrogen-bond donors (Lipinski definition) is 2. The Labute approximate surface area is 102 Å². The highest BCUT2D eigenvalue weighted by Gasteiger charge is 2.34. The van der Waals surface area contributed by atoms with E-state index in [1.807, 2.05) is 12.1 Å². The molecule has 1 saturated heterocycles. The van der Waals surface area contributed by atoms with Gasteiger partial charge in [0.25, 0.3) is 0 Å². The average molecular weight is 282 g/mol. The van der Waals surface area contributed by atoms with E-state index in [1.54, 1.807) is 0 Å². The standard InChI is InChI=1S/C11H12BrN3O/c12-7-1-2-9-8(5-7)14-11(16)10-6-13-3-4-15(9)10/h1-2,5,10,13H,3-4,6H2,(H,14,16).